The van der Waals surface area contributed by atoms with Crippen molar-refractivity contribution in [3.63, 3.8) is 0 Å². The monoisotopic (exact) mass is 214 g/mol. The molecule has 0 radical (unpaired) electrons. The van der Waals surface area contributed by atoms with Gasteiger partial charge in [-0.2, -0.15) is 0 Å². The van der Waals surface area contributed by atoms with Gasteiger partial charge in [0, 0.05) is 6.20 Å². The first-order chi connectivity index (χ1) is 7.79. The molecule has 3 nitrogen and oxygen atoms in total. The van der Waals surface area contributed by atoms with Gasteiger partial charge < -0.3 is 10.8 Å². The standard InChI is InChI=1S/C13H14N2O/c14-12(10-6-2-1-3-7-10)13(16)11-8-4-5-9-15-11/h1-9,12-13,16H,14H2. The summed E-state index contributed by atoms with van der Waals surface area (Å²) in [4.78, 5) is 4.10. The summed E-state index contributed by atoms with van der Waals surface area (Å²) in [5.74, 6) is 0. The highest BCUT2D eigenvalue weighted by Crippen LogP contribution is 2.24. The van der Waals surface area contributed by atoms with Gasteiger partial charge in [-0.3, -0.25) is 4.98 Å². The molecule has 3 heteroatoms. The van der Waals surface area contributed by atoms with Crippen LogP contribution in [-0.2, 0) is 0 Å². The highest BCUT2D eigenvalue weighted by molar-refractivity contribution is 5.22. The molecule has 16 heavy (non-hydrogen) atoms. The first kappa shape index (κ1) is 10.8. The van der Waals surface area contributed by atoms with Crippen LogP contribution >= 0.6 is 0 Å². The predicted octanol–water partition coefficient (Wildman–Crippen LogP) is 1.81. The number of nitrogens with zero attached hydrogens (tertiary/aromatic N) is 1. The van der Waals surface area contributed by atoms with E-state index in [4.69, 9.17) is 5.73 Å². The zero-order valence-corrected chi connectivity index (χ0v) is 8.82. The average Bonchev–Trinajstić information content (AvgIpc) is 2.39. The normalized spacial score (nSPS) is 14.4. The summed E-state index contributed by atoms with van der Waals surface area (Å²) in [7, 11) is 0. The largest absolute Gasteiger partial charge is 0.385 e. The van der Waals surface area contributed by atoms with Gasteiger partial charge in [-0.1, -0.05) is 36.4 Å². The molecule has 0 spiro atoms. The molecule has 1 aromatic carbocycles. The minimum atomic E-state index is -0.774. The van der Waals surface area contributed by atoms with Crippen molar-refractivity contribution in [2.75, 3.05) is 0 Å². The Morgan fingerprint density at radius 3 is 2.31 bits per heavy atom. The Kier molecular flexibility index (Phi) is 3.29. The van der Waals surface area contributed by atoms with Crippen LogP contribution in [0.15, 0.2) is 54.7 Å². The molecule has 3 N–H and O–H groups in total. The molecule has 2 aromatic rings. The number of nitrogens with two attached hydrogens (primary N) is 1. The maximum Gasteiger partial charge on any atom is 0.115 e. The van der Waals surface area contributed by atoms with Gasteiger partial charge in [0.25, 0.3) is 0 Å². The van der Waals surface area contributed by atoms with E-state index in [1.807, 2.05) is 42.5 Å². The van der Waals surface area contributed by atoms with Gasteiger partial charge >= 0.3 is 0 Å². The van der Waals surface area contributed by atoms with Crippen LogP contribution in [0, 0.1) is 0 Å². The first-order valence-electron chi connectivity index (χ1n) is 5.18. The molecule has 2 rings (SSSR count). The lowest BCUT2D eigenvalue weighted by Crippen LogP contribution is -2.20. The van der Waals surface area contributed by atoms with Crippen molar-refractivity contribution < 1.29 is 5.11 Å². The van der Waals surface area contributed by atoms with Crippen molar-refractivity contribution in [1.82, 2.24) is 4.98 Å². The number of aliphatic hydroxyl groups is 1. The maximum atomic E-state index is 10.1. The van der Waals surface area contributed by atoms with Crippen LogP contribution in [0.2, 0.25) is 0 Å². The number of rotatable bonds is 3. The SMILES string of the molecule is NC(c1ccccc1)C(O)c1ccccn1. The molecule has 82 valence electrons. The lowest BCUT2D eigenvalue weighted by molar-refractivity contribution is 0.142. The Bertz CT molecular complexity index is 387. The topological polar surface area (TPSA) is 59.1 Å². The fraction of sp³-hybridized carbons (Fsp3) is 0.154. The molecule has 0 aliphatic heterocycles. The van der Waals surface area contributed by atoms with E-state index in [1.54, 1.807) is 12.3 Å². The summed E-state index contributed by atoms with van der Waals surface area (Å²) in [6.07, 6.45) is 0.875. The van der Waals surface area contributed by atoms with Crippen LogP contribution in [0.5, 0.6) is 0 Å². The van der Waals surface area contributed by atoms with E-state index < -0.39 is 12.1 Å². The molecule has 0 aliphatic rings. The van der Waals surface area contributed by atoms with Crippen molar-refractivity contribution in [1.29, 1.82) is 0 Å². The Hall–Kier alpha value is -1.71. The van der Waals surface area contributed by atoms with Gasteiger partial charge in [-0.05, 0) is 17.7 Å². The van der Waals surface area contributed by atoms with Gasteiger partial charge in [0.15, 0.2) is 0 Å². The second-order valence-corrected chi connectivity index (χ2v) is 3.64. The molecule has 1 aromatic heterocycles. The number of aromatic nitrogens is 1. The zero-order chi connectivity index (χ0) is 11.4. The molecular formula is C13H14N2O. The van der Waals surface area contributed by atoms with Gasteiger partial charge in [0.1, 0.15) is 6.10 Å². The molecule has 0 bridgehead atoms. The molecule has 0 saturated heterocycles. The van der Waals surface area contributed by atoms with Gasteiger partial charge in [-0.25, -0.2) is 0 Å². The molecular weight excluding hydrogens is 200 g/mol. The third-order valence-electron chi connectivity index (χ3n) is 2.52. The van der Waals surface area contributed by atoms with Crippen molar-refractivity contribution in [2.24, 2.45) is 5.73 Å². The highest BCUT2D eigenvalue weighted by Gasteiger charge is 2.19. The van der Waals surface area contributed by atoms with Crippen LogP contribution in [-0.4, -0.2) is 10.1 Å². The number of hydrogen-bond donors (Lipinski definition) is 2. The van der Waals surface area contributed by atoms with Crippen LogP contribution < -0.4 is 5.73 Å². The van der Waals surface area contributed by atoms with Gasteiger partial charge in [0.2, 0.25) is 0 Å². The molecule has 2 atom stereocenters. The summed E-state index contributed by atoms with van der Waals surface area (Å²) >= 11 is 0. The second kappa shape index (κ2) is 4.88. The Morgan fingerprint density at radius 2 is 1.69 bits per heavy atom. The third kappa shape index (κ3) is 2.27. The molecule has 2 unspecified atom stereocenters. The molecule has 1 heterocycles. The van der Waals surface area contributed by atoms with Crippen LogP contribution in [0.3, 0.4) is 0 Å². The van der Waals surface area contributed by atoms with E-state index in [-0.39, 0.29) is 0 Å². The third-order valence-corrected chi connectivity index (χ3v) is 2.52. The van der Waals surface area contributed by atoms with Crippen LogP contribution in [0.1, 0.15) is 23.4 Å². The Balaban J connectivity index is 2.20. The summed E-state index contributed by atoms with van der Waals surface area (Å²) < 4.78 is 0. The lowest BCUT2D eigenvalue weighted by atomic mass is 10.00. The fourth-order valence-corrected chi connectivity index (χ4v) is 1.59. The summed E-state index contributed by atoms with van der Waals surface area (Å²) in [5, 5.41) is 10.1. The fourth-order valence-electron chi connectivity index (χ4n) is 1.59. The first-order valence-corrected chi connectivity index (χ1v) is 5.18. The van der Waals surface area contributed by atoms with Crippen molar-refractivity contribution in [3.05, 3.63) is 66.0 Å². The van der Waals surface area contributed by atoms with Crippen LogP contribution in [0.4, 0.5) is 0 Å². The summed E-state index contributed by atoms with van der Waals surface area (Å²) in [6.45, 7) is 0. The average molecular weight is 214 g/mol. The predicted molar refractivity (Wildman–Crippen MR) is 62.6 cm³/mol. The minimum absolute atomic E-state index is 0.448. The molecule has 0 amide bonds. The van der Waals surface area contributed by atoms with E-state index in [2.05, 4.69) is 4.98 Å². The lowest BCUT2D eigenvalue weighted by Gasteiger charge is -2.18. The Morgan fingerprint density at radius 1 is 1.00 bits per heavy atom. The van der Waals surface area contributed by atoms with Crippen molar-refractivity contribution in [3.8, 4) is 0 Å². The molecule has 0 saturated carbocycles. The Labute approximate surface area is 94.6 Å². The number of aliphatic hydroxyl groups excluding tert-OH is 1. The number of pyridine rings is 1. The minimum Gasteiger partial charge on any atom is -0.385 e. The smallest absolute Gasteiger partial charge is 0.115 e. The van der Waals surface area contributed by atoms with Crippen molar-refractivity contribution >= 4 is 0 Å². The van der Waals surface area contributed by atoms with E-state index in [9.17, 15) is 5.11 Å². The quantitative estimate of drug-likeness (QED) is 0.819. The number of benzene rings is 1. The summed E-state index contributed by atoms with van der Waals surface area (Å²) in [6, 6.07) is 14.5. The van der Waals surface area contributed by atoms with Gasteiger partial charge in [-0.15, -0.1) is 0 Å². The van der Waals surface area contributed by atoms with Crippen molar-refractivity contribution in [2.45, 2.75) is 12.1 Å². The van der Waals surface area contributed by atoms with Gasteiger partial charge in [0.05, 0.1) is 11.7 Å². The van der Waals surface area contributed by atoms with E-state index in [0.717, 1.165) is 5.56 Å². The van der Waals surface area contributed by atoms with E-state index >= 15 is 0 Å². The highest BCUT2D eigenvalue weighted by atomic mass is 16.3. The molecule has 0 aliphatic carbocycles. The second-order valence-electron chi connectivity index (χ2n) is 3.64. The molecule has 0 fully saturated rings. The maximum absolute atomic E-state index is 10.1. The number of hydrogen-bond acceptors (Lipinski definition) is 3. The zero-order valence-electron chi connectivity index (χ0n) is 8.82. The van der Waals surface area contributed by atoms with Crippen LogP contribution in [0.25, 0.3) is 0 Å². The van der Waals surface area contributed by atoms with E-state index in [1.165, 1.54) is 0 Å². The van der Waals surface area contributed by atoms with E-state index in [0.29, 0.717) is 5.69 Å². The summed E-state index contributed by atoms with van der Waals surface area (Å²) in [5.41, 5.74) is 7.48.